The third kappa shape index (κ3) is 2.53. The zero-order valence-corrected chi connectivity index (χ0v) is 12.3. The summed E-state index contributed by atoms with van der Waals surface area (Å²) in [6.07, 6.45) is 5.59. The topological polar surface area (TPSA) is 51.7 Å². The molecule has 21 heavy (non-hydrogen) atoms. The van der Waals surface area contributed by atoms with E-state index in [0.717, 1.165) is 44.7 Å². The molecule has 0 saturated carbocycles. The van der Waals surface area contributed by atoms with E-state index in [2.05, 4.69) is 16.5 Å². The van der Waals surface area contributed by atoms with Crippen LogP contribution in [0.3, 0.4) is 0 Å². The van der Waals surface area contributed by atoms with E-state index >= 15 is 0 Å². The summed E-state index contributed by atoms with van der Waals surface area (Å²) in [7, 11) is 1.39. The van der Waals surface area contributed by atoms with E-state index in [1.54, 1.807) is 18.3 Å². The van der Waals surface area contributed by atoms with Gasteiger partial charge < -0.3 is 14.4 Å². The maximum absolute atomic E-state index is 12.0. The first kappa shape index (κ1) is 14.1. The van der Waals surface area contributed by atoms with Gasteiger partial charge in [-0.05, 0) is 24.5 Å². The highest BCUT2D eigenvalue weighted by Gasteiger charge is 2.45. The van der Waals surface area contributed by atoms with E-state index in [0.29, 0.717) is 16.8 Å². The molecule has 2 aliphatic rings. The Hall–Kier alpha value is -1.88. The molecular formula is C16H20N2O3. The third-order valence-electron chi connectivity index (χ3n) is 4.43. The fourth-order valence-electron chi connectivity index (χ4n) is 3.13. The molecule has 0 radical (unpaired) electrons. The number of nitrogens with zero attached hydrogens (tertiary/aromatic N) is 2. The molecule has 0 bridgehead atoms. The van der Waals surface area contributed by atoms with Crippen molar-refractivity contribution in [3.05, 3.63) is 30.0 Å². The van der Waals surface area contributed by atoms with Crippen molar-refractivity contribution in [2.45, 2.75) is 12.8 Å². The maximum Gasteiger partial charge on any atom is 0.341 e. The van der Waals surface area contributed by atoms with Crippen molar-refractivity contribution >= 4 is 17.9 Å². The molecule has 0 N–H and O–H groups in total. The van der Waals surface area contributed by atoms with Gasteiger partial charge >= 0.3 is 5.97 Å². The second kappa shape index (κ2) is 5.48. The van der Waals surface area contributed by atoms with Crippen molar-refractivity contribution < 1.29 is 14.3 Å². The maximum atomic E-state index is 12.0. The SMILES string of the molecule is C=Cc1cnc(N2CC3(CCOCC3)C2)c(C(=O)OC)c1. The molecule has 5 heteroatoms. The van der Waals surface area contributed by atoms with Crippen LogP contribution in [0.5, 0.6) is 0 Å². The van der Waals surface area contributed by atoms with Crippen LogP contribution in [-0.4, -0.2) is 44.4 Å². The highest BCUT2D eigenvalue weighted by atomic mass is 16.5. The fraction of sp³-hybridized carbons (Fsp3) is 0.500. The van der Waals surface area contributed by atoms with Gasteiger partial charge in [0, 0.05) is 37.9 Å². The van der Waals surface area contributed by atoms with Gasteiger partial charge in [0.2, 0.25) is 0 Å². The van der Waals surface area contributed by atoms with E-state index in [1.807, 2.05) is 0 Å². The summed E-state index contributed by atoms with van der Waals surface area (Å²) in [6, 6.07) is 1.79. The summed E-state index contributed by atoms with van der Waals surface area (Å²) in [4.78, 5) is 18.6. The van der Waals surface area contributed by atoms with Gasteiger partial charge in [-0.2, -0.15) is 0 Å². The predicted molar refractivity (Wildman–Crippen MR) is 80.4 cm³/mol. The smallest absolute Gasteiger partial charge is 0.341 e. The van der Waals surface area contributed by atoms with Gasteiger partial charge in [-0.15, -0.1) is 0 Å². The number of rotatable bonds is 3. The quantitative estimate of drug-likeness (QED) is 0.798. The van der Waals surface area contributed by atoms with Gasteiger partial charge in [-0.25, -0.2) is 9.78 Å². The Balaban J connectivity index is 1.82. The largest absolute Gasteiger partial charge is 0.465 e. The lowest BCUT2D eigenvalue weighted by molar-refractivity contribution is -0.000586. The first-order chi connectivity index (χ1) is 10.2. The van der Waals surface area contributed by atoms with Crippen molar-refractivity contribution in [3.63, 3.8) is 0 Å². The van der Waals surface area contributed by atoms with E-state index in [9.17, 15) is 4.79 Å². The van der Waals surface area contributed by atoms with E-state index in [1.165, 1.54) is 7.11 Å². The molecule has 3 heterocycles. The number of carbonyl (C=O) groups is 1. The van der Waals surface area contributed by atoms with Gasteiger partial charge in [0.25, 0.3) is 0 Å². The van der Waals surface area contributed by atoms with E-state index in [-0.39, 0.29) is 5.97 Å². The number of esters is 1. The summed E-state index contributed by atoms with van der Waals surface area (Å²) in [5, 5.41) is 0. The number of methoxy groups -OCH3 is 1. The lowest BCUT2D eigenvalue weighted by atomic mass is 9.73. The summed E-state index contributed by atoms with van der Waals surface area (Å²) < 4.78 is 10.3. The standard InChI is InChI=1S/C16H20N2O3/c1-3-12-8-13(15(19)20-2)14(17-9-12)18-10-16(11-18)4-6-21-7-5-16/h3,8-9H,1,4-7,10-11H2,2H3. The number of hydrogen-bond donors (Lipinski definition) is 0. The molecule has 0 amide bonds. The summed E-state index contributed by atoms with van der Waals surface area (Å²) in [5.74, 6) is 0.360. The molecule has 112 valence electrons. The van der Waals surface area contributed by atoms with Crippen LogP contribution < -0.4 is 4.90 Å². The zero-order valence-electron chi connectivity index (χ0n) is 12.3. The van der Waals surface area contributed by atoms with E-state index in [4.69, 9.17) is 9.47 Å². The van der Waals surface area contributed by atoms with Gasteiger partial charge in [-0.3, -0.25) is 0 Å². The Morgan fingerprint density at radius 3 is 2.81 bits per heavy atom. The van der Waals surface area contributed by atoms with Crippen LogP contribution >= 0.6 is 0 Å². The number of pyridine rings is 1. The fourth-order valence-corrected chi connectivity index (χ4v) is 3.13. The Bertz CT molecular complexity index is 557. The number of aromatic nitrogens is 1. The van der Waals surface area contributed by atoms with Crippen LogP contribution in [0.4, 0.5) is 5.82 Å². The lowest BCUT2D eigenvalue weighted by Crippen LogP contribution is -2.59. The first-order valence-electron chi connectivity index (χ1n) is 7.21. The Morgan fingerprint density at radius 1 is 1.48 bits per heavy atom. The van der Waals surface area contributed by atoms with Gasteiger partial charge in [0.1, 0.15) is 11.4 Å². The zero-order chi connectivity index (χ0) is 14.9. The van der Waals surface area contributed by atoms with Crippen molar-refractivity contribution in [2.24, 2.45) is 5.41 Å². The highest BCUT2D eigenvalue weighted by molar-refractivity contribution is 5.95. The average Bonchev–Trinajstić information content (AvgIpc) is 2.52. The summed E-state index contributed by atoms with van der Waals surface area (Å²) in [6.45, 7) is 7.24. The van der Waals surface area contributed by atoms with Crippen molar-refractivity contribution in [3.8, 4) is 0 Å². The third-order valence-corrected chi connectivity index (χ3v) is 4.43. The molecule has 5 nitrogen and oxygen atoms in total. The van der Waals surface area contributed by atoms with Gasteiger partial charge in [0.05, 0.1) is 7.11 Å². The van der Waals surface area contributed by atoms with Gasteiger partial charge in [-0.1, -0.05) is 12.7 Å². The monoisotopic (exact) mass is 288 g/mol. The molecule has 2 saturated heterocycles. The minimum absolute atomic E-state index is 0.338. The minimum atomic E-state index is -0.353. The number of carbonyl (C=O) groups excluding carboxylic acids is 1. The Kier molecular flexibility index (Phi) is 3.68. The predicted octanol–water partition coefficient (Wildman–Crippen LogP) is 2.13. The van der Waals surface area contributed by atoms with Crippen molar-refractivity contribution in [1.82, 2.24) is 4.98 Å². The van der Waals surface area contributed by atoms with E-state index < -0.39 is 0 Å². The van der Waals surface area contributed by atoms with Crippen LogP contribution in [0, 0.1) is 5.41 Å². The molecular weight excluding hydrogens is 268 g/mol. The molecule has 0 aromatic carbocycles. The molecule has 0 aliphatic carbocycles. The van der Waals surface area contributed by atoms with Crippen molar-refractivity contribution in [1.29, 1.82) is 0 Å². The van der Waals surface area contributed by atoms with Crippen molar-refractivity contribution in [2.75, 3.05) is 38.3 Å². The molecule has 2 fully saturated rings. The molecule has 3 rings (SSSR count). The van der Waals surface area contributed by atoms with Crippen LogP contribution in [-0.2, 0) is 9.47 Å². The Labute approximate surface area is 124 Å². The summed E-state index contributed by atoms with van der Waals surface area (Å²) in [5.41, 5.74) is 1.67. The second-order valence-electron chi connectivity index (χ2n) is 5.80. The van der Waals surface area contributed by atoms with Crippen LogP contribution in [0.15, 0.2) is 18.8 Å². The number of ether oxygens (including phenoxy) is 2. The van der Waals surface area contributed by atoms with Crippen LogP contribution in [0.25, 0.3) is 6.08 Å². The molecule has 1 spiro atoms. The average molecular weight is 288 g/mol. The highest BCUT2D eigenvalue weighted by Crippen LogP contribution is 2.42. The molecule has 0 unspecified atom stereocenters. The minimum Gasteiger partial charge on any atom is -0.465 e. The molecule has 2 aliphatic heterocycles. The van der Waals surface area contributed by atoms with Crippen LogP contribution in [0.2, 0.25) is 0 Å². The van der Waals surface area contributed by atoms with Gasteiger partial charge in [0.15, 0.2) is 0 Å². The number of anilines is 1. The summed E-state index contributed by atoms with van der Waals surface area (Å²) >= 11 is 0. The second-order valence-corrected chi connectivity index (χ2v) is 5.80. The first-order valence-corrected chi connectivity index (χ1v) is 7.21. The number of hydrogen-bond acceptors (Lipinski definition) is 5. The van der Waals surface area contributed by atoms with Crippen LogP contribution in [0.1, 0.15) is 28.8 Å². The molecule has 1 aromatic heterocycles. The molecule has 0 atom stereocenters. The lowest BCUT2D eigenvalue weighted by Gasteiger charge is -2.53. The normalized spacial score (nSPS) is 20.0. The molecule has 1 aromatic rings. The Morgan fingerprint density at radius 2 is 2.19 bits per heavy atom.